The normalized spacial score (nSPS) is 24.0. The van der Waals surface area contributed by atoms with E-state index in [1.807, 2.05) is 22.6 Å². The monoisotopic (exact) mass is 423 g/mol. The van der Waals surface area contributed by atoms with Crippen LogP contribution in [0.5, 0.6) is 0 Å². The van der Waals surface area contributed by atoms with Crippen molar-refractivity contribution in [2.24, 2.45) is 0 Å². The lowest BCUT2D eigenvalue weighted by atomic mass is 10.1. The molecule has 3 rings (SSSR count). The Bertz CT molecular complexity index is 687. The topological polar surface area (TPSA) is 54.5 Å². The van der Waals surface area contributed by atoms with Gasteiger partial charge < -0.3 is 4.90 Å². The van der Waals surface area contributed by atoms with Gasteiger partial charge in [-0.3, -0.25) is 4.79 Å². The fourth-order valence-electron chi connectivity index (χ4n) is 2.78. The summed E-state index contributed by atoms with van der Waals surface area (Å²) >= 11 is 1.94. The maximum absolute atomic E-state index is 13.2. The summed E-state index contributed by atoms with van der Waals surface area (Å²) in [7, 11) is -3.03. The average molecular weight is 423 g/mol. The van der Waals surface area contributed by atoms with E-state index in [0.717, 1.165) is 12.8 Å². The molecule has 1 aliphatic carbocycles. The summed E-state index contributed by atoms with van der Waals surface area (Å²) in [6.07, 6.45) is 2.34. The summed E-state index contributed by atoms with van der Waals surface area (Å²) in [6.45, 7) is 0. The first-order valence-corrected chi connectivity index (χ1v) is 9.75. The van der Waals surface area contributed by atoms with Gasteiger partial charge >= 0.3 is 0 Å². The highest BCUT2D eigenvalue weighted by molar-refractivity contribution is 14.1. The number of halogens is 2. The van der Waals surface area contributed by atoms with Crippen molar-refractivity contribution >= 4 is 38.3 Å². The van der Waals surface area contributed by atoms with Gasteiger partial charge in [-0.2, -0.15) is 0 Å². The van der Waals surface area contributed by atoms with Gasteiger partial charge in [0.05, 0.1) is 17.1 Å². The Morgan fingerprint density at radius 3 is 2.48 bits per heavy atom. The fraction of sp³-hybridized carbons (Fsp3) is 0.500. The van der Waals surface area contributed by atoms with Crippen molar-refractivity contribution in [3.63, 3.8) is 0 Å². The minimum atomic E-state index is -3.03. The lowest BCUT2D eigenvalue weighted by molar-refractivity contribution is 0.0679. The first-order valence-electron chi connectivity index (χ1n) is 6.85. The molecule has 4 nitrogen and oxygen atoms in total. The molecule has 0 bridgehead atoms. The van der Waals surface area contributed by atoms with E-state index >= 15 is 0 Å². The zero-order valence-corrected chi connectivity index (χ0v) is 14.2. The third kappa shape index (κ3) is 3.23. The number of carbonyl (C=O) groups excluding carboxylic acids is 1. The zero-order chi connectivity index (χ0) is 15.2. The van der Waals surface area contributed by atoms with Gasteiger partial charge in [-0.25, -0.2) is 12.8 Å². The predicted octanol–water partition coefficient (Wildman–Crippen LogP) is 2.22. The summed E-state index contributed by atoms with van der Waals surface area (Å²) in [4.78, 5) is 14.5. The molecule has 0 N–H and O–H groups in total. The molecule has 1 aromatic carbocycles. The second kappa shape index (κ2) is 5.49. The van der Waals surface area contributed by atoms with Gasteiger partial charge in [0.15, 0.2) is 9.84 Å². The molecular formula is C14H15FINO3S. The third-order valence-corrected chi connectivity index (χ3v) is 6.58. The SMILES string of the molecule is O=C(c1ccc(F)cc1I)N(C1CC1)C1CCS(=O)(=O)C1. The Morgan fingerprint density at radius 1 is 1.24 bits per heavy atom. The number of carbonyl (C=O) groups is 1. The number of nitrogens with zero attached hydrogens (tertiary/aromatic N) is 1. The second-order valence-electron chi connectivity index (χ2n) is 5.62. The Kier molecular flexibility index (Phi) is 3.98. The molecule has 1 amide bonds. The standard InChI is InChI=1S/C14H15FINO3S/c15-9-1-4-12(13(16)7-9)14(18)17(10-2-3-10)11-5-6-21(19,20)8-11/h1,4,7,10-11H,2-3,5-6,8H2. The quantitative estimate of drug-likeness (QED) is 0.701. The number of amides is 1. The summed E-state index contributed by atoms with van der Waals surface area (Å²) in [5.74, 6) is -0.358. The van der Waals surface area contributed by atoms with Crippen molar-refractivity contribution in [2.45, 2.75) is 31.3 Å². The molecule has 7 heteroatoms. The molecule has 1 atom stereocenters. The van der Waals surface area contributed by atoms with Crippen LogP contribution in [0.4, 0.5) is 4.39 Å². The molecule has 21 heavy (non-hydrogen) atoms. The maximum atomic E-state index is 13.2. The summed E-state index contributed by atoms with van der Waals surface area (Å²) in [6, 6.07) is 3.97. The van der Waals surface area contributed by atoms with E-state index in [1.54, 1.807) is 4.90 Å². The van der Waals surface area contributed by atoms with Crippen LogP contribution in [0.25, 0.3) is 0 Å². The Hall–Kier alpha value is -0.700. The number of hydrogen-bond acceptors (Lipinski definition) is 3. The molecule has 1 aliphatic heterocycles. The summed E-state index contributed by atoms with van der Waals surface area (Å²) in [5, 5.41) is 0. The molecule has 1 saturated heterocycles. The highest BCUT2D eigenvalue weighted by atomic mass is 127. The Morgan fingerprint density at radius 2 is 1.95 bits per heavy atom. The largest absolute Gasteiger partial charge is 0.332 e. The van der Waals surface area contributed by atoms with E-state index in [0.29, 0.717) is 15.6 Å². The van der Waals surface area contributed by atoms with Crippen molar-refractivity contribution in [1.29, 1.82) is 0 Å². The van der Waals surface area contributed by atoms with E-state index in [9.17, 15) is 17.6 Å². The number of benzene rings is 1. The maximum Gasteiger partial charge on any atom is 0.255 e. The van der Waals surface area contributed by atoms with Crippen LogP contribution in [0.15, 0.2) is 18.2 Å². The van der Waals surface area contributed by atoms with Crippen LogP contribution in [0, 0.1) is 9.39 Å². The molecular weight excluding hydrogens is 408 g/mol. The molecule has 1 aromatic rings. The van der Waals surface area contributed by atoms with Gasteiger partial charge in [-0.05, 0) is 60.1 Å². The van der Waals surface area contributed by atoms with Crippen LogP contribution >= 0.6 is 22.6 Å². The van der Waals surface area contributed by atoms with E-state index in [-0.39, 0.29) is 35.3 Å². The van der Waals surface area contributed by atoms with Crippen LogP contribution in [0.1, 0.15) is 29.6 Å². The number of hydrogen-bond donors (Lipinski definition) is 0. The minimum absolute atomic E-state index is 0.0486. The van der Waals surface area contributed by atoms with Gasteiger partial charge in [0.2, 0.25) is 0 Å². The van der Waals surface area contributed by atoms with Crippen LogP contribution in [-0.4, -0.2) is 42.8 Å². The van der Waals surface area contributed by atoms with Crippen molar-refractivity contribution in [3.8, 4) is 0 Å². The van der Waals surface area contributed by atoms with Gasteiger partial charge in [0, 0.05) is 15.7 Å². The average Bonchev–Trinajstić information content (AvgIpc) is 3.14. The van der Waals surface area contributed by atoms with Crippen LogP contribution in [0.3, 0.4) is 0 Å². The van der Waals surface area contributed by atoms with Crippen molar-refractivity contribution < 1.29 is 17.6 Å². The molecule has 1 saturated carbocycles. The van der Waals surface area contributed by atoms with Crippen LogP contribution in [0.2, 0.25) is 0 Å². The first-order chi connectivity index (χ1) is 9.87. The van der Waals surface area contributed by atoms with Gasteiger partial charge in [0.25, 0.3) is 5.91 Å². The number of rotatable bonds is 3. The van der Waals surface area contributed by atoms with E-state index in [1.165, 1.54) is 18.2 Å². The molecule has 1 heterocycles. The van der Waals surface area contributed by atoms with E-state index < -0.39 is 9.84 Å². The summed E-state index contributed by atoms with van der Waals surface area (Å²) in [5.41, 5.74) is 0.452. The van der Waals surface area contributed by atoms with Gasteiger partial charge in [-0.15, -0.1) is 0 Å². The Balaban J connectivity index is 1.89. The third-order valence-electron chi connectivity index (χ3n) is 3.94. The van der Waals surface area contributed by atoms with Crippen LogP contribution in [-0.2, 0) is 9.84 Å². The van der Waals surface area contributed by atoms with Crippen LogP contribution < -0.4 is 0 Å². The number of sulfone groups is 1. The molecule has 2 fully saturated rings. The molecule has 114 valence electrons. The highest BCUT2D eigenvalue weighted by Gasteiger charge is 2.42. The van der Waals surface area contributed by atoms with E-state index in [4.69, 9.17) is 0 Å². The molecule has 0 radical (unpaired) electrons. The summed E-state index contributed by atoms with van der Waals surface area (Å²) < 4.78 is 37.1. The lowest BCUT2D eigenvalue weighted by Gasteiger charge is -2.28. The van der Waals surface area contributed by atoms with E-state index in [2.05, 4.69) is 0 Å². The molecule has 0 aromatic heterocycles. The molecule has 1 unspecified atom stereocenters. The van der Waals surface area contributed by atoms with Crippen molar-refractivity contribution in [2.75, 3.05) is 11.5 Å². The smallest absolute Gasteiger partial charge is 0.255 e. The first kappa shape index (κ1) is 15.2. The van der Waals surface area contributed by atoms with Crippen molar-refractivity contribution in [3.05, 3.63) is 33.1 Å². The highest BCUT2D eigenvalue weighted by Crippen LogP contribution is 2.34. The van der Waals surface area contributed by atoms with Gasteiger partial charge in [-0.1, -0.05) is 0 Å². The fourth-order valence-corrected chi connectivity index (χ4v) is 5.20. The molecule has 0 spiro atoms. The predicted molar refractivity (Wildman–Crippen MR) is 85.4 cm³/mol. The minimum Gasteiger partial charge on any atom is -0.332 e. The second-order valence-corrected chi connectivity index (χ2v) is 9.02. The Labute approximate surface area is 136 Å². The lowest BCUT2D eigenvalue weighted by Crippen LogP contribution is -2.43. The van der Waals surface area contributed by atoms with Crippen molar-refractivity contribution in [1.82, 2.24) is 4.90 Å². The van der Waals surface area contributed by atoms with Gasteiger partial charge in [0.1, 0.15) is 5.82 Å². The molecule has 2 aliphatic rings. The zero-order valence-electron chi connectivity index (χ0n) is 11.3.